The van der Waals surface area contributed by atoms with Crippen LogP contribution in [0.2, 0.25) is 5.02 Å². The zero-order chi connectivity index (χ0) is 19.3. The van der Waals surface area contributed by atoms with Crippen molar-refractivity contribution in [3.63, 3.8) is 0 Å². The number of hydrogen-bond acceptors (Lipinski definition) is 4. The van der Waals surface area contributed by atoms with Gasteiger partial charge in [0.25, 0.3) is 0 Å². The van der Waals surface area contributed by atoms with Gasteiger partial charge < -0.3 is 15.7 Å². The molecule has 2 rings (SSSR count). The van der Waals surface area contributed by atoms with Gasteiger partial charge in [-0.05, 0) is 43.2 Å². The fraction of sp³-hybridized carbons (Fsp3) is 0.211. The molecule has 2 aromatic carbocycles. The molecule has 0 saturated carbocycles. The highest BCUT2D eigenvalue weighted by atomic mass is 35.5. The summed E-state index contributed by atoms with van der Waals surface area (Å²) in [5, 5.41) is 15.1. The number of anilines is 2. The summed E-state index contributed by atoms with van der Waals surface area (Å²) < 4.78 is 0. The van der Waals surface area contributed by atoms with E-state index in [4.69, 9.17) is 16.7 Å². The van der Waals surface area contributed by atoms with E-state index in [1.165, 1.54) is 19.1 Å². The molecule has 0 unspecified atom stereocenters. The second-order valence-electron chi connectivity index (χ2n) is 5.65. The minimum absolute atomic E-state index is 0.00466. The highest BCUT2D eigenvalue weighted by molar-refractivity contribution is 6.32. The number of carbonyl (C=O) groups excluding carboxylic acids is 2. The molecule has 0 saturated heterocycles. The van der Waals surface area contributed by atoms with Crippen LogP contribution in [0.4, 0.5) is 11.4 Å². The predicted octanol–water partition coefficient (Wildman–Crippen LogP) is 3.85. The Labute approximate surface area is 156 Å². The van der Waals surface area contributed by atoms with Crippen molar-refractivity contribution in [1.29, 1.82) is 0 Å². The third-order valence-corrected chi connectivity index (χ3v) is 4.17. The lowest BCUT2D eigenvalue weighted by atomic mass is 10.0. The summed E-state index contributed by atoms with van der Waals surface area (Å²) in [6, 6.07) is 9.47. The maximum atomic E-state index is 12.2. The number of aryl methyl sites for hydroxylation is 1. The fourth-order valence-electron chi connectivity index (χ4n) is 2.48. The molecule has 0 aliphatic carbocycles. The molecule has 0 radical (unpaired) electrons. The molecule has 7 heteroatoms. The number of nitrogens with one attached hydrogen (secondary N) is 2. The van der Waals surface area contributed by atoms with Crippen LogP contribution in [0.25, 0.3) is 0 Å². The van der Waals surface area contributed by atoms with Crippen molar-refractivity contribution in [2.45, 2.75) is 20.3 Å². The van der Waals surface area contributed by atoms with Gasteiger partial charge in [0.15, 0.2) is 5.78 Å². The topological polar surface area (TPSA) is 95.5 Å². The van der Waals surface area contributed by atoms with Gasteiger partial charge in [-0.1, -0.05) is 30.7 Å². The van der Waals surface area contributed by atoms with Crippen molar-refractivity contribution in [3.05, 3.63) is 58.1 Å². The standard InChI is InChI=1S/C19H19ClN2O4/c1-3-12-8-17(14(11(2)23)9-15(12)20)21-10-18(24)22-16-7-5-4-6-13(16)19(25)26/h4-9,21H,3,10H2,1-2H3,(H,22,24)(H,25,26). The Bertz CT molecular complexity index is 865. The molecule has 0 aliphatic rings. The summed E-state index contributed by atoms with van der Waals surface area (Å²) in [7, 11) is 0. The number of amides is 1. The van der Waals surface area contributed by atoms with Gasteiger partial charge in [-0.25, -0.2) is 4.79 Å². The molecule has 6 nitrogen and oxygen atoms in total. The van der Waals surface area contributed by atoms with Gasteiger partial charge in [0.05, 0.1) is 17.8 Å². The predicted molar refractivity (Wildman–Crippen MR) is 101 cm³/mol. The third kappa shape index (κ3) is 4.61. The van der Waals surface area contributed by atoms with E-state index in [1.807, 2.05) is 6.92 Å². The molecule has 136 valence electrons. The molecule has 0 heterocycles. The number of carbonyl (C=O) groups is 3. The number of ketones is 1. The number of Topliss-reactive ketones (excluding diaryl/α,β-unsaturated/α-hetero) is 1. The highest BCUT2D eigenvalue weighted by Crippen LogP contribution is 2.26. The first-order valence-electron chi connectivity index (χ1n) is 8.02. The van der Waals surface area contributed by atoms with Crippen LogP contribution in [0.3, 0.4) is 0 Å². The van der Waals surface area contributed by atoms with Gasteiger partial charge >= 0.3 is 5.97 Å². The van der Waals surface area contributed by atoms with Gasteiger partial charge in [0.2, 0.25) is 5.91 Å². The molecule has 3 N–H and O–H groups in total. The lowest BCUT2D eigenvalue weighted by Gasteiger charge is -2.14. The Kier molecular flexibility index (Phi) is 6.36. The first kappa shape index (κ1) is 19.5. The minimum atomic E-state index is -1.13. The van der Waals surface area contributed by atoms with E-state index in [0.717, 1.165) is 5.56 Å². The number of aromatic carboxylic acids is 1. The summed E-state index contributed by atoms with van der Waals surface area (Å²) in [5.41, 5.74) is 1.98. The zero-order valence-electron chi connectivity index (χ0n) is 14.4. The number of halogens is 1. The molecule has 0 spiro atoms. The van der Waals surface area contributed by atoms with Crippen molar-refractivity contribution in [3.8, 4) is 0 Å². The van der Waals surface area contributed by atoms with E-state index in [1.54, 1.807) is 24.3 Å². The molecule has 0 atom stereocenters. The Morgan fingerprint density at radius 3 is 2.38 bits per heavy atom. The largest absolute Gasteiger partial charge is 0.478 e. The van der Waals surface area contributed by atoms with Gasteiger partial charge in [0, 0.05) is 16.3 Å². The van der Waals surface area contributed by atoms with Gasteiger partial charge in [-0.3, -0.25) is 9.59 Å². The van der Waals surface area contributed by atoms with Crippen molar-refractivity contribution in [1.82, 2.24) is 0 Å². The molecule has 0 aliphatic heterocycles. The average Bonchev–Trinajstić information content (AvgIpc) is 2.60. The van der Waals surface area contributed by atoms with Crippen LogP contribution in [0.15, 0.2) is 36.4 Å². The third-order valence-electron chi connectivity index (χ3n) is 3.82. The molecular formula is C19H19ClN2O4. The van der Waals surface area contributed by atoms with Crippen LogP contribution in [0, 0.1) is 0 Å². The smallest absolute Gasteiger partial charge is 0.337 e. The number of rotatable bonds is 7. The molecule has 0 aromatic heterocycles. The molecule has 26 heavy (non-hydrogen) atoms. The monoisotopic (exact) mass is 374 g/mol. The first-order valence-corrected chi connectivity index (χ1v) is 8.40. The summed E-state index contributed by atoms with van der Waals surface area (Å²) in [5.74, 6) is -1.73. The van der Waals surface area contributed by atoms with Crippen molar-refractivity contribution < 1.29 is 19.5 Å². The molecule has 0 fully saturated rings. The molecular weight excluding hydrogens is 356 g/mol. The SMILES string of the molecule is CCc1cc(NCC(=O)Nc2ccccc2C(=O)O)c(C(C)=O)cc1Cl. The Hall–Kier alpha value is -2.86. The van der Waals surface area contributed by atoms with Crippen LogP contribution in [-0.2, 0) is 11.2 Å². The van der Waals surface area contributed by atoms with Crippen LogP contribution in [0.5, 0.6) is 0 Å². The van der Waals surface area contributed by atoms with E-state index in [2.05, 4.69) is 10.6 Å². The fourth-order valence-corrected chi connectivity index (χ4v) is 2.77. The van der Waals surface area contributed by atoms with Crippen LogP contribution >= 0.6 is 11.6 Å². The zero-order valence-corrected chi connectivity index (χ0v) is 15.2. The Morgan fingerprint density at radius 2 is 1.77 bits per heavy atom. The summed E-state index contributed by atoms with van der Waals surface area (Å²) >= 11 is 6.15. The second-order valence-corrected chi connectivity index (χ2v) is 6.06. The number of benzene rings is 2. The highest BCUT2D eigenvalue weighted by Gasteiger charge is 2.14. The van der Waals surface area contributed by atoms with Crippen molar-refractivity contribution in [2.24, 2.45) is 0 Å². The Balaban J connectivity index is 2.15. The van der Waals surface area contributed by atoms with E-state index >= 15 is 0 Å². The maximum Gasteiger partial charge on any atom is 0.337 e. The minimum Gasteiger partial charge on any atom is -0.478 e. The van der Waals surface area contributed by atoms with Crippen molar-refractivity contribution in [2.75, 3.05) is 17.2 Å². The molecule has 0 bridgehead atoms. The number of hydrogen-bond donors (Lipinski definition) is 3. The summed E-state index contributed by atoms with van der Waals surface area (Å²) in [4.78, 5) is 35.2. The van der Waals surface area contributed by atoms with Crippen LogP contribution < -0.4 is 10.6 Å². The quantitative estimate of drug-likeness (QED) is 0.640. The first-order chi connectivity index (χ1) is 12.3. The van der Waals surface area contributed by atoms with E-state index in [0.29, 0.717) is 22.7 Å². The van der Waals surface area contributed by atoms with Crippen molar-refractivity contribution >= 4 is 40.6 Å². The maximum absolute atomic E-state index is 12.2. The molecule has 2 aromatic rings. The number of carboxylic acids is 1. The summed E-state index contributed by atoms with van der Waals surface area (Å²) in [6.07, 6.45) is 0.684. The van der Waals surface area contributed by atoms with Gasteiger partial charge in [0.1, 0.15) is 0 Å². The lowest BCUT2D eigenvalue weighted by molar-refractivity contribution is -0.114. The van der Waals surface area contributed by atoms with Gasteiger partial charge in [-0.15, -0.1) is 0 Å². The summed E-state index contributed by atoms with van der Waals surface area (Å²) in [6.45, 7) is 3.23. The van der Waals surface area contributed by atoms with Crippen LogP contribution in [0.1, 0.15) is 40.1 Å². The van der Waals surface area contributed by atoms with E-state index in [-0.39, 0.29) is 23.6 Å². The van der Waals surface area contributed by atoms with E-state index in [9.17, 15) is 14.4 Å². The molecule has 1 amide bonds. The normalized spacial score (nSPS) is 10.3. The average molecular weight is 375 g/mol. The Morgan fingerprint density at radius 1 is 1.08 bits per heavy atom. The van der Waals surface area contributed by atoms with Gasteiger partial charge in [-0.2, -0.15) is 0 Å². The lowest BCUT2D eigenvalue weighted by Crippen LogP contribution is -2.23. The number of para-hydroxylation sites is 1. The van der Waals surface area contributed by atoms with E-state index < -0.39 is 11.9 Å². The second kappa shape index (κ2) is 8.49. The van der Waals surface area contributed by atoms with Crippen LogP contribution in [-0.4, -0.2) is 29.3 Å². The number of carboxylic acid groups (broad SMARTS) is 1.